The zero-order chi connectivity index (χ0) is 23.6. The topological polar surface area (TPSA) is 95.5 Å². The summed E-state index contributed by atoms with van der Waals surface area (Å²) in [4.78, 5) is 13.3. The van der Waals surface area contributed by atoms with E-state index in [2.05, 4.69) is 10.0 Å². The van der Waals surface area contributed by atoms with Gasteiger partial charge in [-0.3, -0.25) is 9.52 Å². The Balaban J connectivity index is 1.61. The summed E-state index contributed by atoms with van der Waals surface area (Å²) < 4.78 is 28.2. The fourth-order valence-electron chi connectivity index (χ4n) is 4.15. The lowest BCUT2D eigenvalue weighted by Gasteiger charge is -2.28. The van der Waals surface area contributed by atoms with Crippen LogP contribution in [0, 0.1) is 0 Å². The first kappa shape index (κ1) is 23.4. The van der Waals surface area contributed by atoms with Crippen LogP contribution in [-0.2, 0) is 20.2 Å². The number of anilines is 2. The zero-order valence-corrected chi connectivity index (χ0v) is 19.8. The van der Waals surface area contributed by atoms with Crippen molar-refractivity contribution in [2.45, 2.75) is 36.0 Å². The molecule has 0 aliphatic heterocycles. The predicted molar refractivity (Wildman–Crippen MR) is 131 cm³/mol. The van der Waals surface area contributed by atoms with Gasteiger partial charge in [0, 0.05) is 15.7 Å². The molecule has 0 unspecified atom stereocenters. The van der Waals surface area contributed by atoms with Crippen molar-refractivity contribution in [3.8, 4) is 5.75 Å². The minimum atomic E-state index is -3.96. The largest absolute Gasteiger partial charge is 0.506 e. The third-order valence-electron chi connectivity index (χ3n) is 5.91. The number of benzene rings is 3. The molecule has 1 amide bonds. The van der Waals surface area contributed by atoms with Gasteiger partial charge in [0.25, 0.3) is 10.0 Å². The van der Waals surface area contributed by atoms with E-state index in [1.54, 1.807) is 36.4 Å². The molecule has 0 radical (unpaired) electrons. The molecule has 1 saturated carbocycles. The quantitative estimate of drug-likeness (QED) is 0.361. The number of phenols is 1. The molecule has 33 heavy (non-hydrogen) atoms. The number of aromatic hydroxyl groups is 1. The van der Waals surface area contributed by atoms with Crippen molar-refractivity contribution >= 4 is 50.5 Å². The van der Waals surface area contributed by atoms with Crippen molar-refractivity contribution in [1.82, 2.24) is 0 Å². The summed E-state index contributed by atoms with van der Waals surface area (Å²) in [5.74, 6) is -0.518. The first-order valence-electron chi connectivity index (χ1n) is 10.4. The molecule has 3 aromatic rings. The van der Waals surface area contributed by atoms with Gasteiger partial charge >= 0.3 is 0 Å². The predicted octanol–water partition coefficient (Wildman–Crippen LogP) is 5.95. The van der Waals surface area contributed by atoms with Crippen LogP contribution in [0.1, 0.15) is 31.2 Å². The van der Waals surface area contributed by atoms with Crippen LogP contribution in [0.2, 0.25) is 10.0 Å². The highest BCUT2D eigenvalue weighted by Crippen LogP contribution is 2.43. The van der Waals surface area contributed by atoms with E-state index in [-0.39, 0.29) is 22.2 Å². The molecule has 1 aliphatic carbocycles. The Morgan fingerprint density at radius 1 is 0.879 bits per heavy atom. The second-order valence-electron chi connectivity index (χ2n) is 8.04. The maximum absolute atomic E-state index is 13.4. The van der Waals surface area contributed by atoms with Crippen LogP contribution in [0.3, 0.4) is 0 Å². The van der Waals surface area contributed by atoms with Crippen molar-refractivity contribution in [1.29, 1.82) is 0 Å². The molecule has 9 heteroatoms. The SMILES string of the molecule is O=C(Nc1cc(S(=O)(=O)Nc2ccc(Cl)cc2)ccc1O)C1(c2ccc(Cl)cc2)CCCC1. The van der Waals surface area contributed by atoms with E-state index in [4.69, 9.17) is 23.2 Å². The third kappa shape index (κ3) is 4.95. The van der Waals surface area contributed by atoms with Crippen molar-refractivity contribution in [2.24, 2.45) is 0 Å². The number of halogens is 2. The normalized spacial score (nSPS) is 15.2. The van der Waals surface area contributed by atoms with Gasteiger partial charge in [-0.25, -0.2) is 8.42 Å². The lowest BCUT2D eigenvalue weighted by molar-refractivity contribution is -0.121. The van der Waals surface area contributed by atoms with Crippen molar-refractivity contribution < 1.29 is 18.3 Å². The standard InChI is InChI=1S/C24H22Cl2N2O4S/c25-17-5-3-16(4-6-17)24(13-1-2-14-24)23(30)27-21-15-20(11-12-22(21)29)33(31,32)28-19-9-7-18(26)8-10-19/h3-12,15,28-29H,1-2,13-14H2,(H,27,30). The van der Waals surface area contributed by atoms with Gasteiger partial charge in [0.15, 0.2) is 0 Å². The molecule has 0 aromatic heterocycles. The lowest BCUT2D eigenvalue weighted by Crippen LogP contribution is -2.38. The van der Waals surface area contributed by atoms with Gasteiger partial charge in [0.1, 0.15) is 5.75 Å². The molecule has 4 rings (SSSR count). The van der Waals surface area contributed by atoms with Crippen molar-refractivity contribution in [3.63, 3.8) is 0 Å². The summed E-state index contributed by atoms with van der Waals surface area (Å²) in [6.45, 7) is 0. The Morgan fingerprint density at radius 2 is 1.45 bits per heavy atom. The molecule has 0 spiro atoms. The minimum Gasteiger partial charge on any atom is -0.506 e. The first-order valence-corrected chi connectivity index (χ1v) is 12.6. The average molecular weight is 505 g/mol. The molecule has 172 valence electrons. The van der Waals surface area contributed by atoms with Crippen molar-refractivity contribution in [3.05, 3.63) is 82.3 Å². The number of hydrogen-bond donors (Lipinski definition) is 3. The Morgan fingerprint density at radius 3 is 2.06 bits per heavy atom. The molecule has 0 saturated heterocycles. The lowest BCUT2D eigenvalue weighted by atomic mass is 9.78. The minimum absolute atomic E-state index is 0.0271. The number of amides is 1. The van der Waals surface area contributed by atoms with E-state index in [1.807, 2.05) is 12.1 Å². The summed E-state index contributed by atoms with van der Waals surface area (Å²) in [6.07, 6.45) is 3.08. The van der Waals surface area contributed by atoms with E-state index < -0.39 is 15.4 Å². The van der Waals surface area contributed by atoms with E-state index in [0.717, 1.165) is 18.4 Å². The smallest absolute Gasteiger partial charge is 0.261 e. The monoisotopic (exact) mass is 504 g/mol. The van der Waals surface area contributed by atoms with Crippen LogP contribution >= 0.6 is 23.2 Å². The fraction of sp³-hybridized carbons (Fsp3) is 0.208. The molecule has 6 nitrogen and oxygen atoms in total. The Labute approximate surface area is 202 Å². The summed E-state index contributed by atoms with van der Waals surface area (Å²) >= 11 is 11.9. The highest BCUT2D eigenvalue weighted by molar-refractivity contribution is 7.92. The van der Waals surface area contributed by atoms with Gasteiger partial charge < -0.3 is 10.4 Å². The zero-order valence-electron chi connectivity index (χ0n) is 17.5. The number of nitrogens with one attached hydrogen (secondary N) is 2. The molecule has 3 N–H and O–H groups in total. The first-order chi connectivity index (χ1) is 15.7. The number of hydrogen-bond acceptors (Lipinski definition) is 4. The molecule has 1 fully saturated rings. The molecule has 0 bridgehead atoms. The highest BCUT2D eigenvalue weighted by Gasteiger charge is 2.43. The van der Waals surface area contributed by atoms with E-state index in [1.165, 1.54) is 18.2 Å². The van der Waals surface area contributed by atoms with E-state index in [9.17, 15) is 18.3 Å². The Bertz CT molecular complexity index is 1270. The van der Waals surface area contributed by atoms with Gasteiger partial charge in [0.05, 0.1) is 16.0 Å². The van der Waals surface area contributed by atoms with Crippen molar-refractivity contribution in [2.75, 3.05) is 10.0 Å². The van der Waals surface area contributed by atoms with E-state index >= 15 is 0 Å². The van der Waals surface area contributed by atoms with Gasteiger partial charge in [0.2, 0.25) is 5.91 Å². The summed E-state index contributed by atoms with van der Waals surface area (Å²) in [5.41, 5.74) is 0.437. The summed E-state index contributed by atoms with van der Waals surface area (Å²) in [7, 11) is -3.96. The van der Waals surface area contributed by atoms with Gasteiger partial charge in [-0.15, -0.1) is 0 Å². The molecule has 1 aliphatic rings. The maximum Gasteiger partial charge on any atom is 0.261 e. The van der Waals surface area contributed by atoms with Crippen LogP contribution in [-0.4, -0.2) is 19.4 Å². The van der Waals surface area contributed by atoms with E-state index in [0.29, 0.717) is 28.6 Å². The number of carbonyl (C=O) groups is 1. The maximum atomic E-state index is 13.4. The fourth-order valence-corrected chi connectivity index (χ4v) is 5.49. The number of carbonyl (C=O) groups excluding carboxylic acids is 1. The Kier molecular flexibility index (Phi) is 6.56. The molecular weight excluding hydrogens is 483 g/mol. The third-order valence-corrected chi connectivity index (χ3v) is 7.79. The average Bonchev–Trinajstić information content (AvgIpc) is 3.28. The second kappa shape index (κ2) is 9.25. The molecule has 3 aromatic carbocycles. The molecular formula is C24H22Cl2N2O4S. The number of rotatable bonds is 6. The highest BCUT2D eigenvalue weighted by atomic mass is 35.5. The number of phenolic OH excluding ortho intramolecular Hbond substituents is 1. The van der Waals surface area contributed by atoms with Crippen LogP contribution in [0.15, 0.2) is 71.6 Å². The van der Waals surface area contributed by atoms with Gasteiger partial charge in [-0.05, 0) is 73.0 Å². The number of sulfonamides is 1. The van der Waals surface area contributed by atoms with Crippen LogP contribution < -0.4 is 10.0 Å². The van der Waals surface area contributed by atoms with Crippen LogP contribution in [0.4, 0.5) is 11.4 Å². The molecule has 0 heterocycles. The Hall–Kier alpha value is -2.74. The second-order valence-corrected chi connectivity index (χ2v) is 10.6. The summed E-state index contributed by atoms with van der Waals surface area (Å²) in [5, 5.41) is 14.2. The van der Waals surface area contributed by atoms with Gasteiger partial charge in [-0.1, -0.05) is 48.2 Å². The van der Waals surface area contributed by atoms with Crippen LogP contribution in [0.5, 0.6) is 5.75 Å². The molecule has 0 atom stereocenters. The summed E-state index contributed by atoms with van der Waals surface area (Å²) in [6, 6.07) is 17.2. The van der Waals surface area contributed by atoms with Crippen LogP contribution in [0.25, 0.3) is 0 Å². The van der Waals surface area contributed by atoms with Gasteiger partial charge in [-0.2, -0.15) is 0 Å².